The van der Waals surface area contributed by atoms with E-state index >= 15 is 0 Å². The minimum Gasteiger partial charge on any atom is -0.496 e. The van der Waals surface area contributed by atoms with E-state index in [9.17, 15) is 0 Å². The van der Waals surface area contributed by atoms with Crippen LogP contribution in [0.1, 0.15) is 23.4 Å². The van der Waals surface area contributed by atoms with Crippen molar-refractivity contribution < 1.29 is 4.74 Å². The van der Waals surface area contributed by atoms with Gasteiger partial charge in [0.15, 0.2) is 0 Å². The van der Waals surface area contributed by atoms with E-state index in [1.54, 1.807) is 7.11 Å². The molecule has 2 aromatic carbocycles. The first-order chi connectivity index (χ1) is 13.2. The Hall–Kier alpha value is -3.08. The molecule has 3 heterocycles. The number of ether oxygens (including phenoxy) is 1. The van der Waals surface area contributed by atoms with Gasteiger partial charge in [0.1, 0.15) is 11.6 Å². The van der Waals surface area contributed by atoms with Crippen LogP contribution in [-0.2, 0) is 13.0 Å². The topological polar surface area (TPSA) is 55.7 Å². The minimum atomic E-state index is 0.950. The van der Waals surface area contributed by atoms with Gasteiger partial charge in [0, 0.05) is 29.5 Å². The molecule has 0 radical (unpaired) electrons. The molecule has 2 aromatic heterocycles. The zero-order valence-electron chi connectivity index (χ0n) is 15.8. The Kier molecular flexibility index (Phi) is 3.57. The number of fused-ring (bicyclic) bond motifs is 2. The summed E-state index contributed by atoms with van der Waals surface area (Å²) < 4.78 is 7.92. The van der Waals surface area contributed by atoms with Gasteiger partial charge in [0.05, 0.1) is 30.2 Å². The Balaban J connectivity index is 1.74. The van der Waals surface area contributed by atoms with Crippen LogP contribution in [0.3, 0.4) is 0 Å². The second kappa shape index (κ2) is 5.98. The van der Waals surface area contributed by atoms with Gasteiger partial charge in [-0.3, -0.25) is 5.10 Å². The third-order valence-electron chi connectivity index (χ3n) is 5.48. The van der Waals surface area contributed by atoms with Gasteiger partial charge in [-0.2, -0.15) is 5.10 Å². The van der Waals surface area contributed by atoms with E-state index in [0.717, 1.165) is 58.4 Å². The maximum Gasteiger partial charge on any atom is 0.124 e. The number of nitrogens with one attached hydrogen (secondary N) is 1. The fourth-order valence-corrected chi connectivity index (χ4v) is 4.31. The highest BCUT2D eigenvalue weighted by atomic mass is 16.5. The van der Waals surface area contributed by atoms with Gasteiger partial charge < -0.3 is 9.30 Å². The van der Waals surface area contributed by atoms with Crippen molar-refractivity contribution in [3.8, 4) is 28.3 Å². The summed E-state index contributed by atoms with van der Waals surface area (Å²) in [6.07, 6.45) is 4.05. The number of H-pyrrole nitrogens is 1. The molecule has 5 rings (SSSR count). The highest BCUT2D eigenvalue weighted by Gasteiger charge is 2.24. The van der Waals surface area contributed by atoms with E-state index in [1.807, 2.05) is 6.20 Å². The number of hydrogen-bond donors (Lipinski definition) is 1. The van der Waals surface area contributed by atoms with Crippen LogP contribution in [0.15, 0.2) is 36.5 Å². The predicted molar refractivity (Wildman–Crippen MR) is 107 cm³/mol. The van der Waals surface area contributed by atoms with Crippen molar-refractivity contribution in [1.82, 2.24) is 19.7 Å². The van der Waals surface area contributed by atoms with Gasteiger partial charge in [0.2, 0.25) is 0 Å². The van der Waals surface area contributed by atoms with E-state index in [4.69, 9.17) is 9.72 Å². The molecule has 1 aliphatic rings. The summed E-state index contributed by atoms with van der Waals surface area (Å²) in [5, 5.41) is 8.37. The molecule has 0 fully saturated rings. The van der Waals surface area contributed by atoms with Crippen molar-refractivity contribution in [2.45, 2.75) is 33.2 Å². The predicted octanol–water partition coefficient (Wildman–Crippen LogP) is 4.67. The highest BCUT2D eigenvalue weighted by Crippen LogP contribution is 2.38. The quantitative estimate of drug-likeness (QED) is 0.579. The average molecular weight is 358 g/mol. The molecule has 0 spiro atoms. The lowest BCUT2D eigenvalue weighted by molar-refractivity contribution is 0.408. The molecule has 27 heavy (non-hydrogen) atoms. The Morgan fingerprint density at radius 2 is 1.89 bits per heavy atom. The number of aromatic amines is 1. The summed E-state index contributed by atoms with van der Waals surface area (Å²) in [5.74, 6) is 2.13. The van der Waals surface area contributed by atoms with Crippen LogP contribution in [0, 0.1) is 13.8 Å². The smallest absolute Gasteiger partial charge is 0.124 e. The third kappa shape index (κ3) is 2.46. The molecule has 5 nitrogen and oxygen atoms in total. The van der Waals surface area contributed by atoms with E-state index in [1.165, 1.54) is 17.1 Å². The largest absolute Gasteiger partial charge is 0.496 e. The SMILES string of the molecule is COc1c(C)cc(-c2nc3n(c2-c2ccc4cn[nH]c4c2)CCC3)cc1C. The van der Waals surface area contributed by atoms with E-state index in [0.29, 0.717) is 0 Å². The minimum absolute atomic E-state index is 0.950. The van der Waals surface area contributed by atoms with Crippen molar-refractivity contribution in [3.63, 3.8) is 0 Å². The zero-order chi connectivity index (χ0) is 18.5. The lowest BCUT2D eigenvalue weighted by atomic mass is 9.99. The van der Waals surface area contributed by atoms with Crippen molar-refractivity contribution in [2.75, 3.05) is 7.11 Å². The number of rotatable bonds is 3. The average Bonchev–Trinajstić information content (AvgIpc) is 3.36. The molecular weight excluding hydrogens is 336 g/mol. The second-order valence-electron chi connectivity index (χ2n) is 7.30. The van der Waals surface area contributed by atoms with Gasteiger partial charge >= 0.3 is 0 Å². The van der Waals surface area contributed by atoms with Crippen LogP contribution in [0.5, 0.6) is 5.75 Å². The van der Waals surface area contributed by atoms with E-state index in [-0.39, 0.29) is 0 Å². The number of imidazole rings is 1. The summed E-state index contributed by atoms with van der Waals surface area (Å²) in [6, 6.07) is 10.8. The lowest BCUT2D eigenvalue weighted by Crippen LogP contribution is -1.97. The summed E-state index contributed by atoms with van der Waals surface area (Å²) in [7, 11) is 1.73. The first-order valence-electron chi connectivity index (χ1n) is 9.34. The highest BCUT2D eigenvalue weighted by molar-refractivity contribution is 5.87. The van der Waals surface area contributed by atoms with E-state index in [2.05, 4.69) is 58.9 Å². The van der Waals surface area contributed by atoms with Crippen LogP contribution in [0.2, 0.25) is 0 Å². The fourth-order valence-electron chi connectivity index (χ4n) is 4.31. The Morgan fingerprint density at radius 1 is 1.07 bits per heavy atom. The Labute approximate surface area is 158 Å². The Bertz CT molecular complexity index is 1150. The van der Waals surface area contributed by atoms with Gasteiger partial charge in [-0.25, -0.2) is 4.98 Å². The van der Waals surface area contributed by atoms with Crippen molar-refractivity contribution >= 4 is 10.9 Å². The molecule has 0 amide bonds. The van der Waals surface area contributed by atoms with Gasteiger partial charge in [-0.05, 0) is 49.6 Å². The molecule has 0 aliphatic carbocycles. The maximum absolute atomic E-state index is 5.55. The number of aromatic nitrogens is 4. The number of benzene rings is 2. The standard InChI is InChI=1S/C22H22N4O/c1-13-9-17(10-14(2)22(13)27-3)20-21(26-8-4-5-19(26)24-20)15-6-7-16-12-23-25-18(16)11-15/h6-7,9-12H,4-5,8H2,1-3H3,(H,23,25). The number of hydrogen-bond acceptors (Lipinski definition) is 3. The number of methoxy groups -OCH3 is 1. The normalized spacial score (nSPS) is 13.3. The van der Waals surface area contributed by atoms with Crippen LogP contribution >= 0.6 is 0 Å². The summed E-state index contributed by atoms with van der Waals surface area (Å²) in [4.78, 5) is 5.04. The second-order valence-corrected chi connectivity index (χ2v) is 7.30. The monoisotopic (exact) mass is 358 g/mol. The Morgan fingerprint density at radius 3 is 2.67 bits per heavy atom. The first-order valence-corrected chi connectivity index (χ1v) is 9.34. The van der Waals surface area contributed by atoms with Crippen LogP contribution < -0.4 is 4.74 Å². The number of nitrogens with zero attached hydrogens (tertiary/aromatic N) is 3. The first kappa shape index (κ1) is 16.1. The molecule has 4 aromatic rings. The number of aryl methyl sites for hydroxylation is 3. The van der Waals surface area contributed by atoms with Crippen LogP contribution in [-0.4, -0.2) is 26.9 Å². The van der Waals surface area contributed by atoms with Crippen molar-refractivity contribution in [3.05, 3.63) is 53.5 Å². The van der Waals surface area contributed by atoms with Crippen LogP contribution in [0.25, 0.3) is 33.4 Å². The molecule has 136 valence electrons. The lowest BCUT2D eigenvalue weighted by Gasteiger charge is -2.13. The maximum atomic E-state index is 5.55. The third-order valence-corrected chi connectivity index (χ3v) is 5.48. The van der Waals surface area contributed by atoms with Crippen molar-refractivity contribution in [2.24, 2.45) is 0 Å². The van der Waals surface area contributed by atoms with E-state index < -0.39 is 0 Å². The van der Waals surface area contributed by atoms with Gasteiger partial charge in [-0.15, -0.1) is 0 Å². The molecule has 0 unspecified atom stereocenters. The zero-order valence-corrected chi connectivity index (χ0v) is 15.8. The summed E-state index contributed by atoms with van der Waals surface area (Å²) >= 11 is 0. The molecule has 0 saturated carbocycles. The molecule has 5 heteroatoms. The van der Waals surface area contributed by atoms with Gasteiger partial charge in [-0.1, -0.05) is 12.1 Å². The molecule has 0 bridgehead atoms. The molecule has 1 N–H and O–H groups in total. The van der Waals surface area contributed by atoms with Crippen molar-refractivity contribution in [1.29, 1.82) is 0 Å². The van der Waals surface area contributed by atoms with Crippen LogP contribution in [0.4, 0.5) is 0 Å². The molecular formula is C22H22N4O. The summed E-state index contributed by atoms with van der Waals surface area (Å²) in [5.41, 5.74) is 7.89. The molecule has 0 saturated heterocycles. The molecule has 0 atom stereocenters. The fraction of sp³-hybridized carbons (Fsp3) is 0.273. The summed E-state index contributed by atoms with van der Waals surface area (Å²) in [6.45, 7) is 5.21. The van der Waals surface area contributed by atoms with Gasteiger partial charge in [0.25, 0.3) is 0 Å². The molecule has 1 aliphatic heterocycles.